The minimum atomic E-state index is -3.14. The molecule has 1 aliphatic rings. The van der Waals surface area contributed by atoms with Crippen molar-refractivity contribution in [2.45, 2.75) is 6.42 Å². The van der Waals surface area contributed by atoms with Crippen LogP contribution in [0.5, 0.6) is 0 Å². The van der Waals surface area contributed by atoms with Crippen molar-refractivity contribution in [3.63, 3.8) is 0 Å². The lowest BCUT2D eigenvalue weighted by Gasteiger charge is -2.33. The summed E-state index contributed by atoms with van der Waals surface area (Å²) in [6, 6.07) is 13.5. The predicted octanol–water partition coefficient (Wildman–Crippen LogP) is 4.23. The second-order valence-electron chi connectivity index (χ2n) is 8.46. The maximum Gasteiger partial charge on any atom is 0.270 e. The summed E-state index contributed by atoms with van der Waals surface area (Å²) in [7, 11) is -3.14. The molecule has 3 aromatic heterocycles. The molecular weight excluding hydrogens is 504 g/mol. The third-order valence-corrected chi connectivity index (χ3v) is 9.06. The fourth-order valence-electron chi connectivity index (χ4n) is 4.16. The van der Waals surface area contributed by atoms with Crippen LogP contribution in [-0.4, -0.2) is 74.0 Å². The van der Waals surface area contributed by atoms with E-state index in [2.05, 4.69) is 4.90 Å². The fourth-order valence-corrected chi connectivity index (χ4v) is 6.50. The van der Waals surface area contributed by atoms with Gasteiger partial charge in [-0.15, -0.1) is 22.7 Å². The largest absolute Gasteiger partial charge is 0.454 e. The van der Waals surface area contributed by atoms with Crippen LogP contribution in [0.2, 0.25) is 0 Å². The van der Waals surface area contributed by atoms with E-state index < -0.39 is 10.0 Å². The Bertz CT molecular complexity index is 1370. The van der Waals surface area contributed by atoms with Gasteiger partial charge in [0.15, 0.2) is 10.9 Å². The van der Waals surface area contributed by atoms with E-state index >= 15 is 0 Å². The molecule has 1 aromatic carbocycles. The van der Waals surface area contributed by atoms with Gasteiger partial charge in [0, 0.05) is 43.5 Å². The molecule has 0 radical (unpaired) electrons. The van der Waals surface area contributed by atoms with Gasteiger partial charge in [-0.2, -0.15) is 4.31 Å². The smallest absolute Gasteiger partial charge is 0.270 e. The minimum absolute atomic E-state index is 0.0626. The second-order valence-corrected chi connectivity index (χ2v) is 12.2. The zero-order chi connectivity index (χ0) is 24.4. The predicted molar refractivity (Wildman–Crippen MR) is 141 cm³/mol. The molecule has 0 N–H and O–H groups in total. The van der Waals surface area contributed by atoms with Crippen LogP contribution in [0.25, 0.3) is 22.4 Å². The minimum Gasteiger partial charge on any atom is -0.454 e. The lowest BCUT2D eigenvalue weighted by Crippen LogP contribution is -2.48. The van der Waals surface area contributed by atoms with Crippen LogP contribution in [0.1, 0.15) is 16.1 Å². The standard InChI is InChI=1S/C24H26N4O4S3/c1-35(30,31)27-13-11-26(12-14-27)9-5-10-28(23(29)22-8-4-15-33-22)24-25-19(17-34-24)21-16-18-6-2-3-7-20(18)32-21/h2-4,6-8,15-17H,5,9-14H2,1H3. The van der Waals surface area contributed by atoms with Gasteiger partial charge in [-0.3, -0.25) is 9.69 Å². The maximum atomic E-state index is 13.3. The van der Waals surface area contributed by atoms with Crippen molar-refractivity contribution >= 4 is 54.7 Å². The van der Waals surface area contributed by atoms with Crippen LogP contribution in [0.3, 0.4) is 0 Å². The summed E-state index contributed by atoms with van der Waals surface area (Å²) >= 11 is 2.85. The zero-order valence-corrected chi connectivity index (χ0v) is 21.7. The van der Waals surface area contributed by atoms with E-state index in [-0.39, 0.29) is 5.91 Å². The topological polar surface area (TPSA) is 87.0 Å². The molecular formula is C24H26N4O4S3. The first-order valence-electron chi connectivity index (χ1n) is 11.4. The molecule has 1 aliphatic heterocycles. The quantitative estimate of drug-likeness (QED) is 0.339. The van der Waals surface area contributed by atoms with Crippen molar-refractivity contribution in [2.24, 2.45) is 0 Å². The highest BCUT2D eigenvalue weighted by Crippen LogP contribution is 2.32. The third-order valence-electron chi connectivity index (χ3n) is 6.03. The molecule has 5 rings (SSSR count). The van der Waals surface area contributed by atoms with Crippen LogP contribution in [-0.2, 0) is 10.0 Å². The van der Waals surface area contributed by atoms with E-state index in [1.54, 1.807) is 4.90 Å². The number of para-hydroxylation sites is 1. The fraction of sp³-hybridized carbons (Fsp3) is 0.333. The van der Waals surface area contributed by atoms with Gasteiger partial charge in [-0.1, -0.05) is 24.3 Å². The van der Waals surface area contributed by atoms with Crippen molar-refractivity contribution in [3.05, 3.63) is 58.1 Å². The number of anilines is 1. The molecule has 35 heavy (non-hydrogen) atoms. The lowest BCUT2D eigenvalue weighted by molar-refractivity contribution is 0.0988. The van der Waals surface area contributed by atoms with Gasteiger partial charge < -0.3 is 9.32 Å². The van der Waals surface area contributed by atoms with Crippen molar-refractivity contribution in [2.75, 3.05) is 50.4 Å². The number of aromatic nitrogens is 1. The zero-order valence-electron chi connectivity index (χ0n) is 19.3. The van der Waals surface area contributed by atoms with Gasteiger partial charge in [0.25, 0.3) is 5.91 Å². The van der Waals surface area contributed by atoms with E-state index in [1.807, 2.05) is 53.2 Å². The number of rotatable bonds is 8. The molecule has 4 aromatic rings. The van der Waals surface area contributed by atoms with Crippen molar-refractivity contribution in [3.8, 4) is 11.5 Å². The molecule has 1 saturated heterocycles. The summed E-state index contributed by atoms with van der Waals surface area (Å²) in [5.41, 5.74) is 1.52. The number of carbonyl (C=O) groups is 1. The SMILES string of the molecule is CS(=O)(=O)N1CCN(CCCN(C(=O)c2cccs2)c2nc(-c3cc4ccccc4o3)cs2)CC1. The average Bonchev–Trinajstić information content (AvgIpc) is 3.61. The van der Waals surface area contributed by atoms with Gasteiger partial charge in [0.2, 0.25) is 10.0 Å². The van der Waals surface area contributed by atoms with E-state index in [0.29, 0.717) is 54.2 Å². The highest BCUT2D eigenvalue weighted by molar-refractivity contribution is 7.88. The van der Waals surface area contributed by atoms with E-state index in [4.69, 9.17) is 9.40 Å². The number of nitrogens with zero attached hydrogens (tertiary/aromatic N) is 4. The molecule has 0 unspecified atom stereocenters. The molecule has 0 aliphatic carbocycles. The Labute approximate surface area is 212 Å². The van der Waals surface area contributed by atoms with Crippen molar-refractivity contribution < 1.29 is 17.6 Å². The number of thiophene rings is 1. The van der Waals surface area contributed by atoms with Gasteiger partial charge in [0.1, 0.15) is 11.3 Å². The molecule has 4 heterocycles. The number of hydrogen-bond donors (Lipinski definition) is 0. The first-order valence-corrected chi connectivity index (χ1v) is 15.0. The number of fused-ring (bicyclic) bond motifs is 1. The maximum absolute atomic E-state index is 13.3. The van der Waals surface area contributed by atoms with Crippen molar-refractivity contribution in [1.82, 2.24) is 14.2 Å². The summed E-state index contributed by atoms with van der Waals surface area (Å²) in [6.45, 7) is 3.70. The number of amides is 1. The number of piperazine rings is 1. The van der Waals surface area contributed by atoms with Crippen LogP contribution in [0, 0.1) is 0 Å². The molecule has 184 valence electrons. The van der Waals surface area contributed by atoms with Gasteiger partial charge in [-0.25, -0.2) is 13.4 Å². The van der Waals surface area contributed by atoms with Crippen LogP contribution in [0.4, 0.5) is 5.13 Å². The molecule has 0 saturated carbocycles. The summed E-state index contributed by atoms with van der Waals surface area (Å²) in [5, 5.41) is 5.47. The molecule has 0 spiro atoms. The Morgan fingerprint density at radius 3 is 2.63 bits per heavy atom. The Hall–Kier alpha value is -2.57. The van der Waals surface area contributed by atoms with Gasteiger partial charge in [-0.05, 0) is 36.5 Å². The number of benzene rings is 1. The van der Waals surface area contributed by atoms with Gasteiger partial charge in [0.05, 0.1) is 11.1 Å². The van der Waals surface area contributed by atoms with Crippen LogP contribution >= 0.6 is 22.7 Å². The van der Waals surface area contributed by atoms with Gasteiger partial charge >= 0.3 is 0 Å². The first-order chi connectivity index (χ1) is 16.9. The van der Waals surface area contributed by atoms with Crippen LogP contribution < -0.4 is 4.90 Å². The summed E-state index contributed by atoms with van der Waals surface area (Å²) < 4.78 is 31.0. The third kappa shape index (κ3) is 5.49. The lowest BCUT2D eigenvalue weighted by atomic mass is 10.2. The van der Waals surface area contributed by atoms with E-state index in [9.17, 15) is 13.2 Å². The number of carbonyl (C=O) groups excluding carboxylic acids is 1. The second kappa shape index (κ2) is 10.2. The summed E-state index contributed by atoms with van der Waals surface area (Å²) in [5.74, 6) is 0.619. The number of furan rings is 1. The highest BCUT2D eigenvalue weighted by atomic mass is 32.2. The summed E-state index contributed by atoms with van der Waals surface area (Å²) in [4.78, 5) is 22.7. The van der Waals surface area contributed by atoms with E-state index in [0.717, 1.165) is 23.9 Å². The molecule has 0 bridgehead atoms. The molecule has 1 fully saturated rings. The Morgan fingerprint density at radius 2 is 1.91 bits per heavy atom. The normalized spacial score (nSPS) is 15.6. The Kier molecular flexibility index (Phi) is 7.03. The Morgan fingerprint density at radius 1 is 1.11 bits per heavy atom. The molecule has 8 nitrogen and oxygen atoms in total. The Balaban J connectivity index is 1.29. The highest BCUT2D eigenvalue weighted by Gasteiger charge is 2.25. The van der Waals surface area contributed by atoms with E-state index in [1.165, 1.54) is 33.2 Å². The van der Waals surface area contributed by atoms with Crippen molar-refractivity contribution in [1.29, 1.82) is 0 Å². The molecule has 11 heteroatoms. The van der Waals surface area contributed by atoms with Crippen LogP contribution in [0.15, 0.2) is 57.6 Å². The molecule has 1 amide bonds. The average molecular weight is 531 g/mol. The number of hydrogen-bond acceptors (Lipinski definition) is 8. The number of thiazole rings is 1. The molecule has 0 atom stereocenters. The first kappa shape index (κ1) is 24.1. The summed E-state index contributed by atoms with van der Waals surface area (Å²) in [6.07, 6.45) is 2.01. The number of sulfonamides is 1. The monoisotopic (exact) mass is 530 g/mol.